The van der Waals surface area contributed by atoms with Crippen molar-refractivity contribution in [3.63, 3.8) is 0 Å². The topological polar surface area (TPSA) is 67.2 Å². The standard InChI is InChI=1S/C11H16N2O3S/c1-2-7-5-10(16-8(7)6-14)13-4-3-9(17)12-11(13)15/h3-4,7-8,10,14H,2,5-6H2,1H3,(H,12,15,17). The number of aliphatic hydroxyl groups is 1. The zero-order valence-corrected chi connectivity index (χ0v) is 10.4. The van der Waals surface area contributed by atoms with Gasteiger partial charge < -0.3 is 9.84 Å². The number of hydrogen-bond acceptors (Lipinski definition) is 4. The van der Waals surface area contributed by atoms with Crippen molar-refractivity contribution in [1.29, 1.82) is 0 Å². The summed E-state index contributed by atoms with van der Waals surface area (Å²) in [7, 11) is 0. The average Bonchev–Trinajstić information content (AvgIpc) is 2.72. The van der Waals surface area contributed by atoms with Gasteiger partial charge in [0.2, 0.25) is 0 Å². The Bertz CT molecular complexity index is 484. The molecule has 94 valence electrons. The number of nitrogens with one attached hydrogen (secondary N) is 1. The van der Waals surface area contributed by atoms with E-state index in [-0.39, 0.29) is 24.6 Å². The van der Waals surface area contributed by atoms with E-state index in [2.05, 4.69) is 11.9 Å². The van der Waals surface area contributed by atoms with Crippen molar-refractivity contribution >= 4 is 12.2 Å². The van der Waals surface area contributed by atoms with Crippen LogP contribution in [0.4, 0.5) is 0 Å². The highest BCUT2D eigenvalue weighted by Gasteiger charge is 2.34. The van der Waals surface area contributed by atoms with Gasteiger partial charge in [-0.1, -0.05) is 25.6 Å². The monoisotopic (exact) mass is 256 g/mol. The van der Waals surface area contributed by atoms with E-state index in [4.69, 9.17) is 17.0 Å². The molecule has 1 fully saturated rings. The Labute approximate surface area is 104 Å². The fraction of sp³-hybridized carbons (Fsp3) is 0.636. The number of hydrogen-bond donors (Lipinski definition) is 2. The molecule has 0 amide bonds. The molecule has 3 atom stereocenters. The summed E-state index contributed by atoms with van der Waals surface area (Å²) in [6.45, 7) is 2.05. The van der Waals surface area contributed by atoms with Crippen molar-refractivity contribution in [2.45, 2.75) is 32.1 Å². The summed E-state index contributed by atoms with van der Waals surface area (Å²) in [5.74, 6) is 0.292. The lowest BCUT2D eigenvalue weighted by Gasteiger charge is -2.14. The molecule has 2 N–H and O–H groups in total. The summed E-state index contributed by atoms with van der Waals surface area (Å²) >= 11 is 4.88. The third-order valence-electron chi connectivity index (χ3n) is 3.23. The summed E-state index contributed by atoms with van der Waals surface area (Å²) in [5.41, 5.74) is -0.268. The normalized spacial score (nSPS) is 28.5. The second-order valence-corrected chi connectivity index (χ2v) is 4.67. The lowest BCUT2D eigenvalue weighted by atomic mass is 9.98. The van der Waals surface area contributed by atoms with Gasteiger partial charge in [-0.05, 0) is 18.4 Å². The first-order valence-corrected chi connectivity index (χ1v) is 6.14. The summed E-state index contributed by atoms with van der Waals surface area (Å²) in [5, 5.41) is 9.21. The number of aromatic amines is 1. The predicted molar refractivity (Wildman–Crippen MR) is 65.3 cm³/mol. The van der Waals surface area contributed by atoms with Gasteiger partial charge >= 0.3 is 5.69 Å². The van der Waals surface area contributed by atoms with Crippen molar-refractivity contribution in [2.24, 2.45) is 5.92 Å². The zero-order chi connectivity index (χ0) is 12.4. The molecule has 3 unspecified atom stereocenters. The van der Waals surface area contributed by atoms with Gasteiger partial charge in [-0.25, -0.2) is 4.79 Å². The third-order valence-corrected chi connectivity index (χ3v) is 3.47. The van der Waals surface area contributed by atoms with Crippen LogP contribution in [0.5, 0.6) is 0 Å². The summed E-state index contributed by atoms with van der Waals surface area (Å²) in [4.78, 5) is 14.3. The van der Waals surface area contributed by atoms with E-state index < -0.39 is 0 Å². The molecular weight excluding hydrogens is 240 g/mol. The lowest BCUT2D eigenvalue weighted by molar-refractivity contribution is -0.0328. The SMILES string of the molecule is CCC1CC(n2ccc(=S)[nH]c2=O)OC1CO. The largest absolute Gasteiger partial charge is 0.394 e. The molecule has 2 rings (SSSR count). The highest BCUT2D eigenvalue weighted by atomic mass is 32.1. The lowest BCUT2D eigenvalue weighted by Crippen LogP contribution is -2.27. The fourth-order valence-corrected chi connectivity index (χ4v) is 2.38. The number of nitrogens with zero attached hydrogens (tertiary/aromatic N) is 1. The molecule has 6 heteroatoms. The molecule has 1 aromatic rings. The minimum atomic E-state index is -0.309. The van der Waals surface area contributed by atoms with Crippen LogP contribution >= 0.6 is 12.2 Å². The van der Waals surface area contributed by atoms with Crippen molar-refractivity contribution in [2.75, 3.05) is 6.61 Å². The van der Waals surface area contributed by atoms with Crippen LogP contribution in [0.2, 0.25) is 0 Å². The maximum Gasteiger partial charge on any atom is 0.328 e. The molecular formula is C11H16N2O3S. The van der Waals surface area contributed by atoms with Crippen LogP contribution in [0.15, 0.2) is 17.1 Å². The van der Waals surface area contributed by atoms with E-state index >= 15 is 0 Å². The first kappa shape index (κ1) is 12.5. The Morgan fingerprint density at radius 2 is 2.47 bits per heavy atom. The quantitative estimate of drug-likeness (QED) is 0.798. The molecule has 1 saturated heterocycles. The van der Waals surface area contributed by atoms with Gasteiger partial charge in [-0.2, -0.15) is 0 Å². The third kappa shape index (κ3) is 2.48. The van der Waals surface area contributed by atoms with E-state index in [0.717, 1.165) is 12.8 Å². The molecule has 0 saturated carbocycles. The van der Waals surface area contributed by atoms with E-state index in [1.165, 1.54) is 4.57 Å². The predicted octanol–water partition coefficient (Wildman–Crippen LogP) is 1.21. The van der Waals surface area contributed by atoms with Crippen LogP contribution < -0.4 is 5.69 Å². The molecule has 2 heterocycles. The van der Waals surface area contributed by atoms with Gasteiger partial charge in [0.25, 0.3) is 0 Å². The molecule has 0 spiro atoms. The summed E-state index contributed by atoms with van der Waals surface area (Å²) in [6, 6.07) is 1.66. The Morgan fingerprint density at radius 1 is 1.71 bits per heavy atom. The minimum Gasteiger partial charge on any atom is -0.394 e. The van der Waals surface area contributed by atoms with Crippen LogP contribution in [0.1, 0.15) is 26.0 Å². The van der Waals surface area contributed by atoms with Gasteiger partial charge in [-0.3, -0.25) is 9.55 Å². The van der Waals surface area contributed by atoms with E-state index in [1.54, 1.807) is 12.3 Å². The maximum absolute atomic E-state index is 11.7. The molecule has 0 aromatic carbocycles. The van der Waals surface area contributed by atoms with Crippen LogP contribution in [0.3, 0.4) is 0 Å². The Kier molecular flexibility index (Phi) is 3.76. The van der Waals surface area contributed by atoms with Crippen LogP contribution in [-0.2, 0) is 4.74 Å². The second-order valence-electron chi connectivity index (χ2n) is 4.23. The molecule has 0 radical (unpaired) electrons. The number of ether oxygens (including phenoxy) is 1. The molecule has 0 aliphatic carbocycles. The van der Waals surface area contributed by atoms with Gasteiger partial charge in [0.15, 0.2) is 0 Å². The van der Waals surface area contributed by atoms with Crippen molar-refractivity contribution in [3.05, 3.63) is 27.4 Å². The highest BCUT2D eigenvalue weighted by Crippen LogP contribution is 2.34. The van der Waals surface area contributed by atoms with Crippen LogP contribution in [0.25, 0.3) is 0 Å². The van der Waals surface area contributed by atoms with Crippen LogP contribution in [-0.4, -0.2) is 27.4 Å². The van der Waals surface area contributed by atoms with Gasteiger partial charge in [0.1, 0.15) is 10.9 Å². The first-order valence-electron chi connectivity index (χ1n) is 5.73. The smallest absolute Gasteiger partial charge is 0.328 e. The number of rotatable bonds is 3. The summed E-state index contributed by atoms with van der Waals surface area (Å²) < 4.78 is 7.59. The Hall–Kier alpha value is -0.980. The Balaban J connectivity index is 2.25. The van der Waals surface area contributed by atoms with Gasteiger partial charge in [-0.15, -0.1) is 0 Å². The van der Waals surface area contributed by atoms with E-state index in [1.807, 2.05) is 0 Å². The zero-order valence-electron chi connectivity index (χ0n) is 9.63. The molecule has 17 heavy (non-hydrogen) atoms. The van der Waals surface area contributed by atoms with Crippen molar-refractivity contribution in [3.8, 4) is 0 Å². The van der Waals surface area contributed by atoms with Gasteiger partial charge in [0, 0.05) is 6.20 Å². The number of H-pyrrole nitrogens is 1. The highest BCUT2D eigenvalue weighted by molar-refractivity contribution is 7.71. The number of aliphatic hydroxyl groups excluding tert-OH is 1. The fourth-order valence-electron chi connectivity index (χ4n) is 2.23. The van der Waals surface area contributed by atoms with Crippen molar-refractivity contribution in [1.82, 2.24) is 9.55 Å². The average molecular weight is 256 g/mol. The van der Waals surface area contributed by atoms with E-state index in [0.29, 0.717) is 10.6 Å². The Morgan fingerprint density at radius 3 is 3.00 bits per heavy atom. The molecule has 1 aliphatic rings. The minimum absolute atomic E-state index is 0.00735. The molecule has 1 aliphatic heterocycles. The summed E-state index contributed by atoms with van der Waals surface area (Å²) in [6.07, 6.45) is 2.82. The van der Waals surface area contributed by atoms with E-state index in [9.17, 15) is 9.90 Å². The first-order chi connectivity index (χ1) is 8.15. The molecule has 0 bridgehead atoms. The molecule has 5 nitrogen and oxygen atoms in total. The number of aromatic nitrogens is 2. The second kappa shape index (κ2) is 5.12. The van der Waals surface area contributed by atoms with Crippen molar-refractivity contribution < 1.29 is 9.84 Å². The van der Waals surface area contributed by atoms with Gasteiger partial charge in [0.05, 0.1) is 12.7 Å². The van der Waals surface area contributed by atoms with Crippen LogP contribution in [0, 0.1) is 10.6 Å². The maximum atomic E-state index is 11.7. The molecule has 1 aromatic heterocycles.